The molecule has 0 heterocycles. The summed E-state index contributed by atoms with van der Waals surface area (Å²) in [5.41, 5.74) is 7.25. The van der Waals surface area contributed by atoms with E-state index in [1.807, 2.05) is 125 Å². The van der Waals surface area contributed by atoms with Crippen LogP contribution in [0.3, 0.4) is 0 Å². The molecule has 1 aliphatic rings. The quantitative estimate of drug-likeness (QED) is 0.168. The van der Waals surface area contributed by atoms with Gasteiger partial charge in [0, 0.05) is 6.42 Å². The Morgan fingerprint density at radius 2 is 1.05 bits per heavy atom. The Bertz CT molecular complexity index is 1420. The molecule has 0 spiro atoms. The number of carbonyl (C=O) groups excluding carboxylic acids is 2. The number of aryl methyl sites for hydroxylation is 4. The van der Waals surface area contributed by atoms with Gasteiger partial charge in [-0.3, -0.25) is 10.0 Å². The number of hydrogen-bond acceptors (Lipinski definition) is 4. The molecule has 5 rings (SSSR count). The van der Waals surface area contributed by atoms with Gasteiger partial charge in [-0.25, -0.2) is 15.1 Å². The monoisotopic (exact) mass is 591 g/mol. The van der Waals surface area contributed by atoms with Gasteiger partial charge in [0.05, 0.1) is 5.92 Å². The third-order valence-corrected chi connectivity index (χ3v) is 8.88. The van der Waals surface area contributed by atoms with E-state index in [0.717, 1.165) is 62.4 Å². The Hall–Kier alpha value is -4.10. The highest BCUT2D eigenvalue weighted by atomic mass is 16.5. The number of amides is 2. The maximum Gasteiger partial charge on any atom is 0.356 e. The van der Waals surface area contributed by atoms with Crippen molar-refractivity contribution in [3.63, 3.8) is 0 Å². The molecular formula is C38H43N2O4+. The summed E-state index contributed by atoms with van der Waals surface area (Å²) in [5, 5.41) is 23.9. The zero-order chi connectivity index (χ0) is 31.4. The number of quaternary nitrogens is 1. The fourth-order valence-electron chi connectivity index (χ4n) is 6.72. The van der Waals surface area contributed by atoms with Crippen LogP contribution in [0.2, 0.25) is 0 Å². The van der Waals surface area contributed by atoms with Crippen LogP contribution in [0.15, 0.2) is 97.1 Å². The highest BCUT2D eigenvalue weighted by Crippen LogP contribution is 2.32. The number of nitrogens with zero attached hydrogens (tertiary/aromatic N) is 1. The first-order valence-corrected chi connectivity index (χ1v) is 15.5. The molecule has 0 aliphatic heterocycles. The molecule has 228 valence electrons. The normalized spacial score (nSPS) is 17.5. The van der Waals surface area contributed by atoms with Crippen LogP contribution in [0.25, 0.3) is 0 Å². The molecule has 3 N–H and O–H groups in total. The third-order valence-electron chi connectivity index (χ3n) is 8.88. The number of carbonyl (C=O) groups is 2. The van der Waals surface area contributed by atoms with Crippen LogP contribution in [0, 0.1) is 27.7 Å². The molecule has 44 heavy (non-hydrogen) atoms. The SMILES string of the molecule is Cc1cccc(C(C(=O)N(O)C2CCCCC2[NH+](O)C(=O)C(c2cccc(C)c2)c2cccc(C)c2)c2cccc(C)c2)c1. The van der Waals surface area contributed by atoms with Crippen LogP contribution in [-0.2, 0) is 9.59 Å². The highest BCUT2D eigenvalue weighted by Gasteiger charge is 2.46. The van der Waals surface area contributed by atoms with Crippen molar-refractivity contribution in [2.24, 2.45) is 0 Å². The van der Waals surface area contributed by atoms with Crippen LogP contribution >= 0.6 is 0 Å². The molecule has 0 radical (unpaired) electrons. The maximum atomic E-state index is 14.3. The Labute approximate surface area is 260 Å². The molecule has 1 fully saturated rings. The lowest BCUT2D eigenvalue weighted by Gasteiger charge is -2.38. The smallest absolute Gasteiger partial charge is 0.285 e. The van der Waals surface area contributed by atoms with Gasteiger partial charge in [0.1, 0.15) is 18.0 Å². The predicted octanol–water partition coefficient (Wildman–Crippen LogP) is 6.21. The van der Waals surface area contributed by atoms with E-state index >= 15 is 0 Å². The molecule has 3 atom stereocenters. The molecule has 0 aromatic heterocycles. The third kappa shape index (κ3) is 6.83. The molecule has 3 unspecified atom stereocenters. The van der Waals surface area contributed by atoms with Crippen molar-refractivity contribution in [2.45, 2.75) is 77.3 Å². The van der Waals surface area contributed by atoms with Gasteiger partial charge >= 0.3 is 5.91 Å². The summed E-state index contributed by atoms with van der Waals surface area (Å²) in [7, 11) is 0. The summed E-state index contributed by atoms with van der Waals surface area (Å²) in [5.74, 6) is -2.29. The van der Waals surface area contributed by atoms with Crippen molar-refractivity contribution < 1.29 is 25.1 Å². The first kappa shape index (κ1) is 31.3. The molecule has 0 saturated heterocycles. The van der Waals surface area contributed by atoms with Gasteiger partial charge in [-0.1, -0.05) is 126 Å². The van der Waals surface area contributed by atoms with E-state index in [4.69, 9.17) is 0 Å². The zero-order valence-corrected chi connectivity index (χ0v) is 26.0. The minimum Gasteiger partial charge on any atom is -0.285 e. The fourth-order valence-corrected chi connectivity index (χ4v) is 6.72. The maximum absolute atomic E-state index is 14.3. The van der Waals surface area contributed by atoms with Crippen molar-refractivity contribution in [2.75, 3.05) is 0 Å². The second-order valence-corrected chi connectivity index (χ2v) is 12.4. The topological polar surface area (TPSA) is 82.3 Å². The zero-order valence-electron chi connectivity index (χ0n) is 26.0. The number of nitrogens with one attached hydrogen (secondary N) is 1. The van der Waals surface area contributed by atoms with Crippen molar-refractivity contribution in [1.29, 1.82) is 0 Å². The first-order valence-electron chi connectivity index (χ1n) is 15.5. The number of hydroxylamine groups is 4. The van der Waals surface area contributed by atoms with Gasteiger partial charge in [0.25, 0.3) is 5.91 Å². The minimum atomic E-state index is -0.729. The second kappa shape index (κ2) is 13.7. The summed E-state index contributed by atoms with van der Waals surface area (Å²) in [6.45, 7) is 7.92. The van der Waals surface area contributed by atoms with Gasteiger partial charge in [-0.05, 0) is 62.8 Å². The predicted molar refractivity (Wildman–Crippen MR) is 171 cm³/mol. The molecule has 4 aromatic rings. The van der Waals surface area contributed by atoms with E-state index < -0.39 is 35.7 Å². The molecular weight excluding hydrogens is 548 g/mol. The Morgan fingerprint density at radius 1 is 0.659 bits per heavy atom. The molecule has 2 amide bonds. The van der Waals surface area contributed by atoms with Crippen LogP contribution in [0.4, 0.5) is 0 Å². The summed E-state index contributed by atoms with van der Waals surface area (Å²) < 4.78 is 0. The van der Waals surface area contributed by atoms with E-state index in [1.165, 1.54) is 0 Å². The molecule has 1 aliphatic carbocycles. The largest absolute Gasteiger partial charge is 0.356 e. The average Bonchev–Trinajstić information content (AvgIpc) is 3.01. The average molecular weight is 592 g/mol. The number of rotatable bonds is 8. The molecule has 6 nitrogen and oxygen atoms in total. The van der Waals surface area contributed by atoms with Crippen molar-refractivity contribution >= 4 is 11.8 Å². The van der Waals surface area contributed by atoms with E-state index in [1.54, 1.807) is 0 Å². The van der Waals surface area contributed by atoms with Crippen LogP contribution < -0.4 is 5.06 Å². The Balaban J connectivity index is 1.48. The van der Waals surface area contributed by atoms with Gasteiger partial charge in [0.15, 0.2) is 0 Å². The highest BCUT2D eigenvalue weighted by molar-refractivity contribution is 5.87. The second-order valence-electron chi connectivity index (χ2n) is 12.4. The summed E-state index contributed by atoms with van der Waals surface area (Å²) in [4.78, 5) is 28.5. The lowest BCUT2D eigenvalue weighted by Crippen LogP contribution is -3.18. The lowest BCUT2D eigenvalue weighted by molar-refractivity contribution is -1.04. The van der Waals surface area contributed by atoms with E-state index in [9.17, 15) is 20.0 Å². The number of hydrogen-bond donors (Lipinski definition) is 3. The summed E-state index contributed by atoms with van der Waals surface area (Å²) >= 11 is 0. The minimum absolute atomic E-state index is 0.280. The van der Waals surface area contributed by atoms with Gasteiger partial charge in [-0.2, -0.15) is 0 Å². The van der Waals surface area contributed by atoms with Crippen molar-refractivity contribution in [3.8, 4) is 0 Å². The lowest BCUT2D eigenvalue weighted by atomic mass is 9.84. The number of benzene rings is 4. The van der Waals surface area contributed by atoms with Gasteiger partial charge in [0.2, 0.25) is 0 Å². The van der Waals surface area contributed by atoms with Crippen molar-refractivity contribution in [3.05, 3.63) is 142 Å². The van der Waals surface area contributed by atoms with Crippen molar-refractivity contribution in [1.82, 2.24) is 5.06 Å². The van der Waals surface area contributed by atoms with Crippen LogP contribution in [-0.4, -0.2) is 39.4 Å². The van der Waals surface area contributed by atoms with Crippen LogP contribution in [0.1, 0.15) is 82.0 Å². The van der Waals surface area contributed by atoms with E-state index in [-0.39, 0.29) is 5.06 Å². The summed E-state index contributed by atoms with van der Waals surface area (Å²) in [6, 6.07) is 29.7. The van der Waals surface area contributed by atoms with Gasteiger partial charge in [-0.15, -0.1) is 5.06 Å². The summed E-state index contributed by atoms with van der Waals surface area (Å²) in [6.07, 6.45) is 2.56. The van der Waals surface area contributed by atoms with E-state index in [0.29, 0.717) is 12.8 Å². The van der Waals surface area contributed by atoms with E-state index in [2.05, 4.69) is 0 Å². The molecule has 1 saturated carbocycles. The molecule has 4 aromatic carbocycles. The Morgan fingerprint density at radius 3 is 1.45 bits per heavy atom. The Kier molecular flexibility index (Phi) is 9.74. The van der Waals surface area contributed by atoms with Crippen LogP contribution in [0.5, 0.6) is 0 Å². The fraction of sp³-hybridized carbons (Fsp3) is 0.316. The molecule has 6 heteroatoms. The van der Waals surface area contributed by atoms with Gasteiger partial charge < -0.3 is 0 Å². The molecule has 0 bridgehead atoms. The standard InChI is InChI=1S/C38H42N2O4/c1-25-11-7-15-29(21-25)35(30-16-8-12-26(2)22-30)37(41)39(43)33-19-5-6-20-34(33)40(44)38(42)36(31-17-9-13-27(3)23-31)32-18-10-14-28(4)24-32/h7-18,21-24,33-36,43-44H,5-6,19-20H2,1-4H3/p+1. The first-order chi connectivity index (χ1) is 21.1.